The predicted molar refractivity (Wildman–Crippen MR) is 115 cm³/mol. The quantitative estimate of drug-likeness (QED) is 0.552. The molecule has 2 aromatic carbocycles. The largest absolute Gasteiger partial charge is 0.497 e. The maximum atomic E-state index is 13.1. The van der Waals surface area contributed by atoms with Gasteiger partial charge in [-0.05, 0) is 49.2 Å². The van der Waals surface area contributed by atoms with Crippen molar-refractivity contribution >= 4 is 17.3 Å². The number of ketones is 1. The minimum Gasteiger partial charge on any atom is -0.497 e. The number of Topliss-reactive ketones (excluding diaryl/α,β-unsaturated/α-hetero) is 1. The van der Waals surface area contributed by atoms with E-state index in [4.69, 9.17) is 14.5 Å². The van der Waals surface area contributed by atoms with E-state index in [1.807, 2.05) is 11.0 Å². The van der Waals surface area contributed by atoms with Crippen LogP contribution in [0.3, 0.4) is 0 Å². The lowest BCUT2D eigenvalue weighted by Gasteiger charge is -2.27. The van der Waals surface area contributed by atoms with Gasteiger partial charge in [-0.2, -0.15) is 8.78 Å². The second-order valence-electron chi connectivity index (χ2n) is 7.06. The summed E-state index contributed by atoms with van der Waals surface area (Å²) in [5.74, 6) is 1.87. The number of nitrogens with zero attached hydrogens (tertiary/aromatic N) is 2. The standard InChI is InChI=1S/C23H26F2N2O4/c1-29-18-11-12-21(30-2)19(14-18)27(22-6-4-3-5-13-26-22)15-20(28)16-7-9-17(10-8-16)31-23(24)25/h7-12,14,23H,3-6,13,15H2,1-2H3. The number of hydrogen-bond acceptors (Lipinski definition) is 6. The molecule has 0 unspecified atom stereocenters. The van der Waals surface area contributed by atoms with Crippen LogP contribution in [0.1, 0.15) is 36.0 Å². The number of carbonyl (C=O) groups is 1. The number of aliphatic imine (C=N–C) groups is 1. The van der Waals surface area contributed by atoms with Gasteiger partial charge < -0.3 is 19.1 Å². The first-order valence-electron chi connectivity index (χ1n) is 10.1. The summed E-state index contributed by atoms with van der Waals surface area (Å²) in [6, 6.07) is 11.1. The van der Waals surface area contributed by atoms with Crippen molar-refractivity contribution in [3.8, 4) is 17.2 Å². The van der Waals surface area contributed by atoms with E-state index in [0.29, 0.717) is 29.3 Å². The Morgan fingerprint density at radius 3 is 2.45 bits per heavy atom. The highest BCUT2D eigenvalue weighted by Gasteiger charge is 2.23. The maximum Gasteiger partial charge on any atom is 0.387 e. The van der Waals surface area contributed by atoms with Crippen LogP contribution in [0.2, 0.25) is 0 Å². The normalized spacial score (nSPS) is 13.9. The molecule has 1 aliphatic heterocycles. The smallest absolute Gasteiger partial charge is 0.387 e. The van der Waals surface area contributed by atoms with Gasteiger partial charge in [-0.1, -0.05) is 6.42 Å². The number of carbonyl (C=O) groups excluding carboxylic acids is 1. The Hall–Kier alpha value is -3.16. The molecule has 0 fully saturated rings. The summed E-state index contributed by atoms with van der Waals surface area (Å²) in [6.45, 7) is -2.19. The van der Waals surface area contributed by atoms with Crippen molar-refractivity contribution < 1.29 is 27.8 Å². The summed E-state index contributed by atoms with van der Waals surface area (Å²) in [5.41, 5.74) is 1.08. The van der Waals surface area contributed by atoms with Crippen LogP contribution in [-0.2, 0) is 0 Å². The Kier molecular flexibility index (Phi) is 7.81. The molecule has 0 atom stereocenters. The lowest BCUT2D eigenvalue weighted by molar-refractivity contribution is -0.0498. The Morgan fingerprint density at radius 1 is 1.03 bits per heavy atom. The van der Waals surface area contributed by atoms with Gasteiger partial charge in [0.15, 0.2) is 5.78 Å². The van der Waals surface area contributed by atoms with Crippen LogP contribution < -0.4 is 19.1 Å². The van der Waals surface area contributed by atoms with Gasteiger partial charge in [-0.25, -0.2) is 0 Å². The molecule has 0 spiro atoms. The lowest BCUT2D eigenvalue weighted by Crippen LogP contribution is -2.36. The van der Waals surface area contributed by atoms with Crippen molar-refractivity contribution in [2.75, 3.05) is 32.2 Å². The number of benzene rings is 2. The van der Waals surface area contributed by atoms with E-state index in [2.05, 4.69) is 4.74 Å². The fourth-order valence-electron chi connectivity index (χ4n) is 3.46. The van der Waals surface area contributed by atoms with Crippen LogP contribution in [0.5, 0.6) is 17.2 Å². The topological polar surface area (TPSA) is 60.4 Å². The van der Waals surface area contributed by atoms with Crippen LogP contribution in [0.15, 0.2) is 47.5 Å². The molecule has 8 heteroatoms. The molecular weight excluding hydrogens is 406 g/mol. The molecule has 0 saturated heterocycles. The molecule has 0 radical (unpaired) electrons. The first-order chi connectivity index (χ1) is 15.0. The molecule has 1 aliphatic rings. The van der Waals surface area contributed by atoms with Crippen LogP contribution in [-0.4, -0.2) is 45.5 Å². The molecule has 0 saturated carbocycles. The van der Waals surface area contributed by atoms with E-state index >= 15 is 0 Å². The number of hydrogen-bond donors (Lipinski definition) is 0. The molecule has 0 bridgehead atoms. The van der Waals surface area contributed by atoms with Crippen LogP contribution in [0.4, 0.5) is 14.5 Å². The van der Waals surface area contributed by atoms with Crippen molar-refractivity contribution in [1.82, 2.24) is 0 Å². The average molecular weight is 432 g/mol. The molecule has 31 heavy (non-hydrogen) atoms. The Morgan fingerprint density at radius 2 is 1.77 bits per heavy atom. The molecule has 0 aromatic heterocycles. The molecule has 1 heterocycles. The predicted octanol–water partition coefficient (Wildman–Crippen LogP) is 4.97. The van der Waals surface area contributed by atoms with Gasteiger partial charge in [-0.3, -0.25) is 9.79 Å². The Labute approximate surface area is 180 Å². The number of ether oxygens (including phenoxy) is 3. The van der Waals surface area contributed by atoms with Crippen molar-refractivity contribution in [3.05, 3.63) is 48.0 Å². The number of alkyl halides is 2. The first kappa shape index (κ1) is 22.5. The van der Waals surface area contributed by atoms with E-state index in [1.165, 1.54) is 24.3 Å². The van der Waals surface area contributed by atoms with Gasteiger partial charge in [0.1, 0.15) is 23.1 Å². The first-order valence-corrected chi connectivity index (χ1v) is 10.1. The highest BCUT2D eigenvalue weighted by atomic mass is 19.3. The van der Waals surface area contributed by atoms with E-state index in [0.717, 1.165) is 31.5 Å². The number of anilines is 1. The molecule has 3 rings (SSSR count). The maximum absolute atomic E-state index is 13.1. The third-order valence-corrected chi connectivity index (χ3v) is 5.04. The summed E-state index contributed by atoms with van der Waals surface area (Å²) < 4.78 is 40.0. The molecule has 2 aromatic rings. The van der Waals surface area contributed by atoms with E-state index < -0.39 is 6.61 Å². The van der Waals surface area contributed by atoms with Gasteiger partial charge >= 0.3 is 6.61 Å². The van der Waals surface area contributed by atoms with Gasteiger partial charge in [0.05, 0.1) is 26.5 Å². The molecule has 0 amide bonds. The van der Waals surface area contributed by atoms with Gasteiger partial charge in [0, 0.05) is 24.6 Å². The zero-order valence-corrected chi connectivity index (χ0v) is 17.6. The highest BCUT2D eigenvalue weighted by molar-refractivity contribution is 6.08. The summed E-state index contributed by atoms with van der Waals surface area (Å²) in [6.07, 6.45) is 3.81. The van der Waals surface area contributed by atoms with Gasteiger partial charge in [-0.15, -0.1) is 0 Å². The van der Waals surface area contributed by atoms with Crippen molar-refractivity contribution in [3.63, 3.8) is 0 Å². The van der Waals surface area contributed by atoms with E-state index in [9.17, 15) is 13.6 Å². The summed E-state index contributed by atoms with van der Waals surface area (Å²) in [5, 5.41) is 0. The van der Waals surface area contributed by atoms with Crippen molar-refractivity contribution in [2.45, 2.75) is 32.3 Å². The molecular formula is C23H26F2N2O4. The fourth-order valence-corrected chi connectivity index (χ4v) is 3.46. The monoisotopic (exact) mass is 432 g/mol. The number of methoxy groups -OCH3 is 2. The van der Waals surface area contributed by atoms with E-state index in [1.54, 1.807) is 26.4 Å². The third-order valence-electron chi connectivity index (χ3n) is 5.04. The zero-order chi connectivity index (χ0) is 22.2. The Balaban J connectivity index is 1.92. The molecule has 166 valence electrons. The summed E-state index contributed by atoms with van der Waals surface area (Å²) >= 11 is 0. The highest BCUT2D eigenvalue weighted by Crippen LogP contribution is 2.34. The minimum absolute atomic E-state index is 0.00557. The number of amidine groups is 1. The summed E-state index contributed by atoms with van der Waals surface area (Å²) in [7, 11) is 3.15. The zero-order valence-electron chi connectivity index (χ0n) is 17.6. The van der Waals surface area contributed by atoms with Crippen molar-refractivity contribution in [2.24, 2.45) is 4.99 Å². The minimum atomic E-state index is -2.91. The van der Waals surface area contributed by atoms with Gasteiger partial charge in [0.2, 0.25) is 0 Å². The SMILES string of the molecule is COc1ccc(OC)c(N(CC(=O)c2ccc(OC(F)F)cc2)C2=NCCCCC2)c1. The second-order valence-corrected chi connectivity index (χ2v) is 7.06. The molecule has 0 aliphatic carbocycles. The van der Waals surface area contributed by atoms with E-state index in [-0.39, 0.29) is 18.1 Å². The van der Waals surface area contributed by atoms with Gasteiger partial charge in [0.25, 0.3) is 0 Å². The van der Waals surface area contributed by atoms with Crippen LogP contribution in [0, 0.1) is 0 Å². The number of halogens is 2. The fraction of sp³-hybridized carbons (Fsp3) is 0.391. The second kappa shape index (κ2) is 10.7. The molecule has 6 nitrogen and oxygen atoms in total. The Bertz CT molecular complexity index is 916. The third kappa shape index (κ3) is 5.93. The lowest BCUT2D eigenvalue weighted by atomic mass is 10.1. The van der Waals surface area contributed by atoms with Crippen LogP contribution >= 0.6 is 0 Å². The van der Waals surface area contributed by atoms with Crippen LogP contribution in [0.25, 0.3) is 0 Å². The molecule has 0 N–H and O–H groups in total. The summed E-state index contributed by atoms with van der Waals surface area (Å²) in [4.78, 5) is 19.7. The average Bonchev–Trinajstić information content (AvgIpc) is 3.06. The number of rotatable bonds is 8. The van der Waals surface area contributed by atoms with Crippen molar-refractivity contribution in [1.29, 1.82) is 0 Å².